The second-order valence-corrected chi connectivity index (χ2v) is 5.02. The Bertz CT molecular complexity index is 642. The number of hydrogen-bond donors (Lipinski definition) is 1. The highest BCUT2D eigenvalue weighted by Crippen LogP contribution is 2.32. The standard InChI is InChI=1S/C16H17FN2O/c1-20-16-9-14(18)5-3-12(16)10-19-7-6-11-2-4-13(17)8-15(11)19/h2-5,8-9H,6-7,10,18H2,1H3. The number of nitrogens with zero attached hydrogens (tertiary/aromatic N) is 1. The first-order chi connectivity index (χ1) is 9.67. The Morgan fingerprint density at radius 3 is 2.90 bits per heavy atom. The average Bonchev–Trinajstić information content (AvgIpc) is 2.83. The van der Waals surface area contributed by atoms with Gasteiger partial charge in [-0.2, -0.15) is 0 Å². The molecule has 3 nitrogen and oxygen atoms in total. The van der Waals surface area contributed by atoms with Crippen molar-refractivity contribution in [1.82, 2.24) is 0 Å². The molecular weight excluding hydrogens is 255 g/mol. The van der Waals surface area contributed by atoms with Gasteiger partial charge in [0, 0.05) is 36.1 Å². The minimum Gasteiger partial charge on any atom is -0.496 e. The van der Waals surface area contributed by atoms with E-state index in [1.54, 1.807) is 13.2 Å². The topological polar surface area (TPSA) is 38.5 Å². The summed E-state index contributed by atoms with van der Waals surface area (Å²) in [5.74, 6) is 0.578. The van der Waals surface area contributed by atoms with Crippen molar-refractivity contribution in [2.75, 3.05) is 24.3 Å². The molecule has 0 spiro atoms. The molecule has 0 aromatic heterocycles. The molecule has 0 aliphatic carbocycles. The Labute approximate surface area is 117 Å². The van der Waals surface area contributed by atoms with Crippen LogP contribution in [0.5, 0.6) is 5.75 Å². The van der Waals surface area contributed by atoms with Gasteiger partial charge in [0.1, 0.15) is 11.6 Å². The van der Waals surface area contributed by atoms with Crippen LogP contribution in [0.1, 0.15) is 11.1 Å². The molecule has 20 heavy (non-hydrogen) atoms. The van der Waals surface area contributed by atoms with E-state index in [1.807, 2.05) is 24.3 Å². The highest BCUT2D eigenvalue weighted by molar-refractivity contribution is 5.59. The number of rotatable bonds is 3. The maximum absolute atomic E-state index is 13.4. The molecule has 1 aliphatic rings. The van der Waals surface area contributed by atoms with Crippen LogP contribution in [0.4, 0.5) is 15.8 Å². The van der Waals surface area contributed by atoms with Gasteiger partial charge in [-0.1, -0.05) is 12.1 Å². The Balaban J connectivity index is 1.89. The first kappa shape index (κ1) is 12.8. The fourth-order valence-electron chi connectivity index (χ4n) is 2.68. The minimum absolute atomic E-state index is 0.195. The molecule has 104 valence electrons. The van der Waals surface area contributed by atoms with Crippen LogP contribution in [-0.4, -0.2) is 13.7 Å². The highest BCUT2D eigenvalue weighted by Gasteiger charge is 2.20. The number of hydrogen-bond acceptors (Lipinski definition) is 3. The van der Waals surface area contributed by atoms with E-state index in [9.17, 15) is 4.39 Å². The van der Waals surface area contributed by atoms with E-state index < -0.39 is 0 Å². The van der Waals surface area contributed by atoms with Crippen molar-refractivity contribution in [2.45, 2.75) is 13.0 Å². The maximum Gasteiger partial charge on any atom is 0.125 e. The summed E-state index contributed by atoms with van der Waals surface area (Å²) in [6.45, 7) is 1.59. The van der Waals surface area contributed by atoms with Gasteiger partial charge in [0.2, 0.25) is 0 Å². The fraction of sp³-hybridized carbons (Fsp3) is 0.250. The van der Waals surface area contributed by atoms with Crippen molar-refractivity contribution in [3.05, 3.63) is 53.3 Å². The third-order valence-corrected chi connectivity index (χ3v) is 3.71. The molecule has 4 heteroatoms. The minimum atomic E-state index is -0.195. The number of halogens is 1. The zero-order chi connectivity index (χ0) is 14.1. The molecule has 0 saturated heterocycles. The summed E-state index contributed by atoms with van der Waals surface area (Å²) in [6, 6.07) is 10.6. The normalized spacial score (nSPS) is 13.4. The molecule has 0 bridgehead atoms. The van der Waals surface area contributed by atoms with Gasteiger partial charge in [-0.3, -0.25) is 0 Å². The van der Waals surface area contributed by atoms with E-state index in [-0.39, 0.29) is 5.82 Å². The third kappa shape index (κ3) is 2.29. The number of ether oxygens (including phenoxy) is 1. The lowest BCUT2D eigenvalue weighted by atomic mass is 10.1. The predicted molar refractivity (Wildman–Crippen MR) is 78.6 cm³/mol. The zero-order valence-corrected chi connectivity index (χ0v) is 11.4. The van der Waals surface area contributed by atoms with E-state index in [2.05, 4.69) is 4.90 Å². The Morgan fingerprint density at radius 2 is 2.10 bits per heavy atom. The molecule has 0 unspecified atom stereocenters. The van der Waals surface area contributed by atoms with Crippen LogP contribution in [-0.2, 0) is 13.0 Å². The Hall–Kier alpha value is -2.23. The van der Waals surface area contributed by atoms with Gasteiger partial charge in [0.25, 0.3) is 0 Å². The Kier molecular flexibility index (Phi) is 3.22. The van der Waals surface area contributed by atoms with E-state index >= 15 is 0 Å². The van der Waals surface area contributed by atoms with Crippen molar-refractivity contribution in [1.29, 1.82) is 0 Å². The van der Waals surface area contributed by atoms with Crippen LogP contribution in [0.25, 0.3) is 0 Å². The SMILES string of the molecule is COc1cc(N)ccc1CN1CCc2ccc(F)cc21. The third-order valence-electron chi connectivity index (χ3n) is 3.71. The second kappa shape index (κ2) is 5.04. The lowest BCUT2D eigenvalue weighted by Crippen LogP contribution is -2.20. The van der Waals surface area contributed by atoms with E-state index in [0.29, 0.717) is 12.2 Å². The molecule has 0 fully saturated rings. The number of fused-ring (bicyclic) bond motifs is 1. The average molecular weight is 272 g/mol. The zero-order valence-electron chi connectivity index (χ0n) is 11.4. The van der Waals surface area contributed by atoms with Gasteiger partial charge in [-0.25, -0.2) is 4.39 Å². The van der Waals surface area contributed by atoms with Crippen LogP contribution in [0.2, 0.25) is 0 Å². The molecule has 0 radical (unpaired) electrons. The first-order valence-electron chi connectivity index (χ1n) is 6.63. The first-order valence-corrected chi connectivity index (χ1v) is 6.63. The van der Waals surface area contributed by atoms with Crippen molar-refractivity contribution < 1.29 is 9.13 Å². The monoisotopic (exact) mass is 272 g/mol. The fourth-order valence-corrected chi connectivity index (χ4v) is 2.68. The largest absolute Gasteiger partial charge is 0.496 e. The second-order valence-electron chi connectivity index (χ2n) is 5.02. The van der Waals surface area contributed by atoms with Crippen LogP contribution in [0, 0.1) is 5.82 Å². The highest BCUT2D eigenvalue weighted by atomic mass is 19.1. The van der Waals surface area contributed by atoms with Crippen molar-refractivity contribution in [3.63, 3.8) is 0 Å². The lowest BCUT2D eigenvalue weighted by molar-refractivity contribution is 0.409. The predicted octanol–water partition coefficient (Wildman–Crippen LogP) is 2.98. The van der Waals surface area contributed by atoms with Crippen LogP contribution >= 0.6 is 0 Å². The maximum atomic E-state index is 13.4. The summed E-state index contributed by atoms with van der Waals surface area (Å²) in [6.07, 6.45) is 0.951. The molecular formula is C16H17FN2O. The molecule has 2 N–H and O–H groups in total. The van der Waals surface area contributed by atoms with Gasteiger partial charge in [0.15, 0.2) is 0 Å². The molecule has 1 aliphatic heterocycles. The molecule has 2 aromatic rings. The molecule has 2 aromatic carbocycles. The quantitative estimate of drug-likeness (QED) is 0.873. The molecule has 0 saturated carbocycles. The summed E-state index contributed by atoms with van der Waals surface area (Å²) < 4.78 is 18.8. The van der Waals surface area contributed by atoms with Gasteiger partial charge in [-0.15, -0.1) is 0 Å². The molecule has 0 atom stereocenters. The van der Waals surface area contributed by atoms with Gasteiger partial charge >= 0.3 is 0 Å². The molecule has 1 heterocycles. The Morgan fingerprint density at radius 1 is 1.25 bits per heavy atom. The van der Waals surface area contributed by atoms with Crippen LogP contribution < -0.4 is 15.4 Å². The van der Waals surface area contributed by atoms with Gasteiger partial charge in [0.05, 0.1) is 7.11 Å². The van der Waals surface area contributed by atoms with Crippen LogP contribution in [0.15, 0.2) is 36.4 Å². The number of nitrogens with two attached hydrogens (primary N) is 1. The summed E-state index contributed by atoms with van der Waals surface area (Å²) in [5.41, 5.74) is 9.67. The van der Waals surface area contributed by atoms with Crippen LogP contribution in [0.3, 0.4) is 0 Å². The number of anilines is 2. The van der Waals surface area contributed by atoms with Crippen molar-refractivity contribution in [2.24, 2.45) is 0 Å². The molecule has 0 amide bonds. The van der Waals surface area contributed by atoms with Crippen molar-refractivity contribution >= 4 is 11.4 Å². The van der Waals surface area contributed by atoms with Gasteiger partial charge < -0.3 is 15.4 Å². The smallest absolute Gasteiger partial charge is 0.125 e. The van der Waals surface area contributed by atoms with E-state index in [0.717, 1.165) is 30.0 Å². The van der Waals surface area contributed by atoms with Gasteiger partial charge in [-0.05, 0) is 30.2 Å². The summed E-state index contributed by atoms with van der Waals surface area (Å²) in [5, 5.41) is 0. The summed E-state index contributed by atoms with van der Waals surface area (Å²) in [7, 11) is 1.63. The number of nitrogen functional groups attached to an aromatic ring is 1. The number of methoxy groups -OCH3 is 1. The summed E-state index contributed by atoms with van der Waals surface area (Å²) >= 11 is 0. The molecule has 3 rings (SSSR count). The van der Waals surface area contributed by atoms with Crippen molar-refractivity contribution in [3.8, 4) is 5.75 Å². The lowest BCUT2D eigenvalue weighted by Gasteiger charge is -2.21. The van der Waals surface area contributed by atoms with E-state index in [4.69, 9.17) is 10.5 Å². The van der Waals surface area contributed by atoms with E-state index in [1.165, 1.54) is 11.6 Å². The summed E-state index contributed by atoms with van der Waals surface area (Å²) in [4.78, 5) is 2.17. The number of benzene rings is 2.